The minimum absolute atomic E-state index is 0.104. The van der Waals surface area contributed by atoms with Crippen molar-refractivity contribution in [2.24, 2.45) is 0 Å². The number of aryl methyl sites for hydroxylation is 1. The topological polar surface area (TPSA) is 68.3 Å². The zero-order valence-electron chi connectivity index (χ0n) is 14.9. The SMILES string of the molecule is CCN(Cc1ccccc1)C(=O)Cn1c(-c2ccccc2C)noc1=O. The van der Waals surface area contributed by atoms with Crippen LogP contribution in [0.2, 0.25) is 0 Å². The predicted octanol–water partition coefficient (Wildman–Crippen LogP) is 2.86. The Labute approximate surface area is 151 Å². The van der Waals surface area contributed by atoms with Crippen molar-refractivity contribution in [3.63, 3.8) is 0 Å². The number of nitrogens with zero attached hydrogens (tertiary/aromatic N) is 3. The smallest absolute Gasteiger partial charge is 0.337 e. The average Bonchev–Trinajstić information content (AvgIpc) is 3.01. The van der Waals surface area contributed by atoms with E-state index in [-0.39, 0.29) is 12.5 Å². The highest BCUT2D eigenvalue weighted by atomic mass is 16.5. The molecular formula is C20H21N3O3. The van der Waals surface area contributed by atoms with Crippen molar-refractivity contribution in [1.29, 1.82) is 0 Å². The Morgan fingerprint density at radius 3 is 2.50 bits per heavy atom. The molecule has 0 aliphatic carbocycles. The number of aromatic nitrogens is 2. The van der Waals surface area contributed by atoms with E-state index in [0.717, 1.165) is 16.7 Å². The van der Waals surface area contributed by atoms with Crippen LogP contribution in [0.15, 0.2) is 63.9 Å². The van der Waals surface area contributed by atoms with E-state index in [9.17, 15) is 9.59 Å². The number of carbonyl (C=O) groups is 1. The number of hydrogen-bond acceptors (Lipinski definition) is 4. The van der Waals surface area contributed by atoms with Crippen molar-refractivity contribution in [2.75, 3.05) is 6.54 Å². The average molecular weight is 351 g/mol. The Balaban J connectivity index is 1.84. The van der Waals surface area contributed by atoms with Gasteiger partial charge >= 0.3 is 5.76 Å². The van der Waals surface area contributed by atoms with Crippen LogP contribution in [0, 0.1) is 6.92 Å². The second-order valence-electron chi connectivity index (χ2n) is 6.07. The van der Waals surface area contributed by atoms with Gasteiger partial charge in [-0.1, -0.05) is 59.8 Å². The lowest BCUT2D eigenvalue weighted by Crippen LogP contribution is -2.35. The molecule has 0 fully saturated rings. The van der Waals surface area contributed by atoms with E-state index >= 15 is 0 Å². The summed E-state index contributed by atoms with van der Waals surface area (Å²) in [7, 11) is 0. The molecule has 0 unspecified atom stereocenters. The molecular weight excluding hydrogens is 330 g/mol. The summed E-state index contributed by atoms with van der Waals surface area (Å²) < 4.78 is 6.11. The Kier molecular flexibility index (Phi) is 5.31. The van der Waals surface area contributed by atoms with Gasteiger partial charge in [0.1, 0.15) is 6.54 Å². The molecule has 3 rings (SSSR count). The van der Waals surface area contributed by atoms with Gasteiger partial charge in [-0.2, -0.15) is 0 Å². The molecule has 6 nitrogen and oxygen atoms in total. The molecule has 0 atom stereocenters. The van der Waals surface area contributed by atoms with Gasteiger partial charge in [0, 0.05) is 18.7 Å². The van der Waals surface area contributed by atoms with Crippen molar-refractivity contribution < 1.29 is 9.32 Å². The molecule has 1 amide bonds. The van der Waals surface area contributed by atoms with Gasteiger partial charge in [-0.05, 0) is 25.0 Å². The van der Waals surface area contributed by atoms with E-state index in [2.05, 4.69) is 5.16 Å². The van der Waals surface area contributed by atoms with Crippen molar-refractivity contribution in [3.05, 3.63) is 76.3 Å². The van der Waals surface area contributed by atoms with Crippen LogP contribution in [0.3, 0.4) is 0 Å². The molecule has 0 aliphatic heterocycles. The molecule has 3 aromatic rings. The van der Waals surface area contributed by atoms with Crippen molar-refractivity contribution in [1.82, 2.24) is 14.6 Å². The zero-order valence-corrected chi connectivity index (χ0v) is 14.9. The number of benzene rings is 2. The van der Waals surface area contributed by atoms with Crippen LogP contribution in [-0.2, 0) is 17.9 Å². The second-order valence-corrected chi connectivity index (χ2v) is 6.07. The third kappa shape index (κ3) is 3.74. The normalized spacial score (nSPS) is 10.7. The van der Waals surface area contributed by atoms with E-state index in [1.165, 1.54) is 4.57 Å². The first-order valence-corrected chi connectivity index (χ1v) is 8.54. The summed E-state index contributed by atoms with van der Waals surface area (Å²) in [5.74, 6) is -0.416. The number of carbonyl (C=O) groups excluding carboxylic acids is 1. The highest BCUT2D eigenvalue weighted by molar-refractivity contribution is 5.76. The van der Waals surface area contributed by atoms with Crippen LogP contribution in [0.5, 0.6) is 0 Å². The van der Waals surface area contributed by atoms with Gasteiger partial charge in [0.2, 0.25) is 5.91 Å². The zero-order chi connectivity index (χ0) is 18.5. The van der Waals surface area contributed by atoms with Crippen LogP contribution >= 0.6 is 0 Å². The van der Waals surface area contributed by atoms with Crippen LogP contribution in [0.25, 0.3) is 11.4 Å². The number of rotatable bonds is 6. The van der Waals surface area contributed by atoms with Gasteiger partial charge in [-0.25, -0.2) is 9.36 Å². The maximum absolute atomic E-state index is 12.8. The fourth-order valence-corrected chi connectivity index (χ4v) is 2.84. The second kappa shape index (κ2) is 7.82. The number of likely N-dealkylation sites (N-methyl/N-ethyl adjacent to an activating group) is 1. The Bertz CT molecular complexity index is 944. The molecule has 0 saturated carbocycles. The molecule has 1 aromatic heterocycles. The van der Waals surface area contributed by atoms with E-state index in [1.54, 1.807) is 4.90 Å². The Hall–Kier alpha value is -3.15. The minimum Gasteiger partial charge on any atom is -0.337 e. The molecule has 0 aliphatic rings. The fourth-order valence-electron chi connectivity index (χ4n) is 2.84. The molecule has 1 heterocycles. The summed E-state index contributed by atoms with van der Waals surface area (Å²) in [5.41, 5.74) is 2.77. The third-order valence-electron chi connectivity index (χ3n) is 4.32. The predicted molar refractivity (Wildman–Crippen MR) is 98.5 cm³/mol. The maximum atomic E-state index is 12.8. The molecule has 2 aromatic carbocycles. The van der Waals surface area contributed by atoms with E-state index < -0.39 is 5.76 Å². The van der Waals surface area contributed by atoms with Crippen LogP contribution in [-0.4, -0.2) is 27.1 Å². The summed E-state index contributed by atoms with van der Waals surface area (Å²) >= 11 is 0. The third-order valence-corrected chi connectivity index (χ3v) is 4.32. The quantitative estimate of drug-likeness (QED) is 0.685. The standard InChI is InChI=1S/C20H21N3O3/c1-3-22(13-16-10-5-4-6-11-16)18(24)14-23-19(21-26-20(23)25)17-12-8-7-9-15(17)2/h4-12H,3,13-14H2,1-2H3. The fraction of sp³-hybridized carbons (Fsp3) is 0.250. The molecule has 0 bridgehead atoms. The highest BCUT2D eigenvalue weighted by Gasteiger charge is 2.20. The highest BCUT2D eigenvalue weighted by Crippen LogP contribution is 2.20. The van der Waals surface area contributed by atoms with Crippen LogP contribution < -0.4 is 5.76 Å². The largest absolute Gasteiger partial charge is 0.442 e. The summed E-state index contributed by atoms with van der Waals surface area (Å²) in [6.07, 6.45) is 0. The van der Waals surface area contributed by atoms with Gasteiger partial charge in [0.05, 0.1) is 0 Å². The van der Waals surface area contributed by atoms with Crippen LogP contribution in [0.4, 0.5) is 0 Å². The van der Waals surface area contributed by atoms with Crippen molar-refractivity contribution in [3.8, 4) is 11.4 Å². The van der Waals surface area contributed by atoms with Crippen molar-refractivity contribution >= 4 is 5.91 Å². The molecule has 0 N–H and O–H groups in total. The van der Waals surface area contributed by atoms with Crippen LogP contribution in [0.1, 0.15) is 18.1 Å². The minimum atomic E-state index is -0.632. The molecule has 26 heavy (non-hydrogen) atoms. The Morgan fingerprint density at radius 2 is 1.81 bits per heavy atom. The van der Waals surface area contributed by atoms with Gasteiger partial charge in [-0.15, -0.1) is 0 Å². The lowest BCUT2D eigenvalue weighted by Gasteiger charge is -2.21. The lowest BCUT2D eigenvalue weighted by atomic mass is 10.1. The van der Waals surface area contributed by atoms with Gasteiger partial charge < -0.3 is 4.90 Å². The lowest BCUT2D eigenvalue weighted by molar-refractivity contribution is -0.132. The summed E-state index contributed by atoms with van der Waals surface area (Å²) in [4.78, 5) is 26.6. The van der Waals surface area contributed by atoms with Gasteiger partial charge in [0.25, 0.3) is 0 Å². The molecule has 0 radical (unpaired) electrons. The van der Waals surface area contributed by atoms with E-state index in [0.29, 0.717) is 18.9 Å². The van der Waals surface area contributed by atoms with E-state index in [1.807, 2.05) is 68.4 Å². The Morgan fingerprint density at radius 1 is 1.12 bits per heavy atom. The first kappa shape index (κ1) is 17.7. The number of amides is 1. The first-order chi connectivity index (χ1) is 12.6. The molecule has 0 saturated heterocycles. The van der Waals surface area contributed by atoms with Gasteiger partial charge in [0.15, 0.2) is 5.82 Å². The summed E-state index contributed by atoms with van der Waals surface area (Å²) in [6, 6.07) is 17.3. The van der Waals surface area contributed by atoms with Crippen molar-refractivity contribution in [2.45, 2.75) is 26.9 Å². The summed E-state index contributed by atoms with van der Waals surface area (Å²) in [6.45, 7) is 4.78. The molecule has 0 spiro atoms. The molecule has 134 valence electrons. The first-order valence-electron chi connectivity index (χ1n) is 8.54. The maximum Gasteiger partial charge on any atom is 0.442 e. The van der Waals surface area contributed by atoms with Gasteiger partial charge in [-0.3, -0.25) is 9.32 Å². The summed E-state index contributed by atoms with van der Waals surface area (Å²) in [5, 5.41) is 3.87. The monoisotopic (exact) mass is 351 g/mol. The molecule has 6 heteroatoms. The van der Waals surface area contributed by atoms with E-state index in [4.69, 9.17) is 4.52 Å². The number of hydrogen-bond donors (Lipinski definition) is 0.